The number of nitrogens with two attached hydrogens (primary N) is 1. The molecule has 0 aliphatic heterocycles. The van der Waals surface area contributed by atoms with Crippen LogP contribution >= 0.6 is 0 Å². The molecule has 84 valence electrons. The van der Waals surface area contributed by atoms with Gasteiger partial charge in [-0.05, 0) is 13.8 Å². The number of pyridine rings is 1. The maximum absolute atomic E-state index is 7.60. The summed E-state index contributed by atoms with van der Waals surface area (Å²) in [5, 5.41) is 10.8. The summed E-state index contributed by atoms with van der Waals surface area (Å²) in [6, 6.07) is 0.250. The first-order valence-corrected chi connectivity index (χ1v) is 5.02. The minimum atomic E-state index is -0.000185. The van der Waals surface area contributed by atoms with Crippen molar-refractivity contribution >= 4 is 22.7 Å². The van der Waals surface area contributed by atoms with Crippen LogP contribution in [0.4, 0.5) is 5.69 Å². The number of hydrogen-bond acceptors (Lipinski definition) is 4. The molecule has 0 saturated heterocycles. The molecular formula is C10H14N6. The molecule has 2 rings (SSSR count). The summed E-state index contributed by atoms with van der Waals surface area (Å²) in [5.41, 5.74) is 8.22. The summed E-state index contributed by atoms with van der Waals surface area (Å²) < 4.78 is 0. The minimum Gasteiger partial charge on any atom is -0.384 e. The molecule has 0 atom stereocenters. The second kappa shape index (κ2) is 3.80. The lowest BCUT2D eigenvalue weighted by atomic mass is 10.1. The van der Waals surface area contributed by atoms with Gasteiger partial charge in [0.2, 0.25) is 0 Å². The first-order valence-electron chi connectivity index (χ1n) is 5.02. The van der Waals surface area contributed by atoms with Gasteiger partial charge in [-0.2, -0.15) is 0 Å². The second-order valence-corrected chi connectivity index (χ2v) is 3.86. The third kappa shape index (κ3) is 1.69. The monoisotopic (exact) mass is 218 g/mol. The van der Waals surface area contributed by atoms with E-state index in [1.54, 1.807) is 12.5 Å². The van der Waals surface area contributed by atoms with Crippen molar-refractivity contribution in [3.8, 4) is 0 Å². The molecule has 0 radical (unpaired) electrons. The molecule has 0 aromatic carbocycles. The largest absolute Gasteiger partial charge is 0.384 e. The summed E-state index contributed by atoms with van der Waals surface area (Å²) in [4.78, 5) is 11.2. The lowest BCUT2D eigenvalue weighted by Crippen LogP contribution is -2.18. The van der Waals surface area contributed by atoms with E-state index in [9.17, 15) is 0 Å². The molecule has 0 fully saturated rings. The van der Waals surface area contributed by atoms with E-state index in [1.165, 1.54) is 0 Å². The van der Waals surface area contributed by atoms with Gasteiger partial charge in [-0.1, -0.05) is 0 Å². The summed E-state index contributed by atoms with van der Waals surface area (Å²) in [6.07, 6.45) is 3.20. The predicted octanol–water partition coefficient (Wildman–Crippen LogP) is 1.06. The molecule has 6 heteroatoms. The zero-order valence-corrected chi connectivity index (χ0v) is 9.20. The Hall–Kier alpha value is -2.11. The Morgan fingerprint density at radius 3 is 2.88 bits per heavy atom. The van der Waals surface area contributed by atoms with Crippen molar-refractivity contribution in [1.29, 1.82) is 5.41 Å². The average molecular weight is 218 g/mol. The Balaban J connectivity index is 2.63. The highest BCUT2D eigenvalue weighted by Gasteiger charge is 2.13. The van der Waals surface area contributed by atoms with Crippen LogP contribution in [0.1, 0.15) is 19.4 Å². The second-order valence-electron chi connectivity index (χ2n) is 3.86. The number of nitrogens with one attached hydrogen (secondary N) is 3. The summed E-state index contributed by atoms with van der Waals surface area (Å²) in [5.74, 6) is -0.000185. The molecule has 2 aromatic rings. The molecular weight excluding hydrogens is 204 g/mol. The van der Waals surface area contributed by atoms with E-state index in [0.717, 1.165) is 5.69 Å². The van der Waals surface area contributed by atoms with Gasteiger partial charge in [-0.15, -0.1) is 0 Å². The van der Waals surface area contributed by atoms with E-state index in [1.807, 2.05) is 13.8 Å². The number of fused-ring (bicyclic) bond motifs is 1. The first kappa shape index (κ1) is 10.4. The van der Waals surface area contributed by atoms with Gasteiger partial charge in [0, 0.05) is 6.04 Å². The summed E-state index contributed by atoms with van der Waals surface area (Å²) >= 11 is 0. The molecule has 5 N–H and O–H groups in total. The van der Waals surface area contributed by atoms with E-state index in [4.69, 9.17) is 11.1 Å². The van der Waals surface area contributed by atoms with Gasteiger partial charge in [0.15, 0.2) is 5.65 Å². The fraction of sp³-hybridized carbons (Fsp3) is 0.300. The van der Waals surface area contributed by atoms with Crippen LogP contribution < -0.4 is 11.1 Å². The number of aromatic nitrogens is 3. The number of hydrogen-bond donors (Lipinski definition) is 4. The number of nitrogens with zero attached hydrogens (tertiary/aromatic N) is 2. The van der Waals surface area contributed by atoms with Crippen LogP contribution in [0.2, 0.25) is 0 Å². The smallest absolute Gasteiger partial charge is 0.178 e. The minimum absolute atomic E-state index is 0.000185. The predicted molar refractivity (Wildman–Crippen MR) is 63.7 cm³/mol. The fourth-order valence-electron chi connectivity index (χ4n) is 1.59. The number of amidine groups is 1. The summed E-state index contributed by atoms with van der Waals surface area (Å²) in [7, 11) is 0. The van der Waals surface area contributed by atoms with Gasteiger partial charge in [0.1, 0.15) is 5.84 Å². The molecule has 16 heavy (non-hydrogen) atoms. The van der Waals surface area contributed by atoms with Crippen LogP contribution in [0.25, 0.3) is 11.2 Å². The highest BCUT2D eigenvalue weighted by Crippen LogP contribution is 2.21. The maximum Gasteiger partial charge on any atom is 0.178 e. The molecule has 0 aliphatic carbocycles. The molecule has 0 bridgehead atoms. The van der Waals surface area contributed by atoms with Crippen LogP contribution in [0.15, 0.2) is 12.5 Å². The van der Waals surface area contributed by atoms with Gasteiger partial charge in [0.25, 0.3) is 0 Å². The Kier molecular flexibility index (Phi) is 2.47. The zero-order valence-electron chi connectivity index (χ0n) is 9.20. The molecule has 0 unspecified atom stereocenters. The van der Waals surface area contributed by atoms with Gasteiger partial charge in [-0.25, -0.2) is 9.97 Å². The Morgan fingerprint density at radius 2 is 2.25 bits per heavy atom. The van der Waals surface area contributed by atoms with E-state index < -0.39 is 0 Å². The van der Waals surface area contributed by atoms with Crippen molar-refractivity contribution in [3.05, 3.63) is 18.1 Å². The molecule has 6 nitrogen and oxygen atoms in total. The Morgan fingerprint density at radius 1 is 1.50 bits per heavy atom. The van der Waals surface area contributed by atoms with E-state index in [0.29, 0.717) is 16.7 Å². The van der Waals surface area contributed by atoms with Gasteiger partial charge in [0.05, 0.1) is 29.3 Å². The third-order valence-corrected chi connectivity index (χ3v) is 2.17. The molecule has 0 amide bonds. The Labute approximate surface area is 92.8 Å². The van der Waals surface area contributed by atoms with Gasteiger partial charge in [-0.3, -0.25) is 5.41 Å². The van der Waals surface area contributed by atoms with Crippen molar-refractivity contribution < 1.29 is 0 Å². The quantitative estimate of drug-likeness (QED) is 0.457. The van der Waals surface area contributed by atoms with Gasteiger partial charge < -0.3 is 16.0 Å². The standard InChI is InChI=1S/C10H14N6/c1-5(2)16-6-3-13-10-8(14-4-15-10)7(6)9(11)12/h3-5,16H,1-2H3,(H3,11,12)(H,13,14,15). The summed E-state index contributed by atoms with van der Waals surface area (Å²) in [6.45, 7) is 4.03. The zero-order chi connectivity index (χ0) is 11.7. The number of aromatic amines is 1. The van der Waals surface area contributed by atoms with E-state index in [2.05, 4.69) is 20.3 Å². The topological polar surface area (TPSA) is 103 Å². The van der Waals surface area contributed by atoms with Crippen molar-refractivity contribution in [1.82, 2.24) is 15.0 Å². The lowest BCUT2D eigenvalue weighted by Gasteiger charge is -2.13. The van der Waals surface area contributed by atoms with Crippen LogP contribution in [-0.4, -0.2) is 26.8 Å². The normalized spacial score (nSPS) is 10.9. The molecule has 0 saturated carbocycles. The number of H-pyrrole nitrogens is 1. The number of imidazole rings is 1. The number of anilines is 1. The molecule has 0 aliphatic rings. The lowest BCUT2D eigenvalue weighted by molar-refractivity contribution is 0.898. The first-order chi connectivity index (χ1) is 7.59. The fourth-order valence-corrected chi connectivity index (χ4v) is 1.59. The van der Waals surface area contributed by atoms with E-state index in [-0.39, 0.29) is 11.9 Å². The van der Waals surface area contributed by atoms with Crippen LogP contribution in [0.5, 0.6) is 0 Å². The highest BCUT2D eigenvalue weighted by atomic mass is 15.0. The molecule has 0 spiro atoms. The highest BCUT2D eigenvalue weighted by molar-refractivity contribution is 6.09. The van der Waals surface area contributed by atoms with Gasteiger partial charge >= 0.3 is 0 Å². The SMILES string of the molecule is CC(C)Nc1cnc2nc[nH]c2c1C(=N)N. The van der Waals surface area contributed by atoms with Crippen LogP contribution in [-0.2, 0) is 0 Å². The molecule has 2 aromatic heterocycles. The van der Waals surface area contributed by atoms with Crippen molar-refractivity contribution in [2.45, 2.75) is 19.9 Å². The average Bonchev–Trinajstić information content (AvgIpc) is 2.63. The van der Waals surface area contributed by atoms with Crippen LogP contribution in [0, 0.1) is 5.41 Å². The number of nitrogen functional groups attached to an aromatic ring is 1. The molecule has 2 heterocycles. The van der Waals surface area contributed by atoms with Crippen molar-refractivity contribution in [2.75, 3.05) is 5.32 Å². The Bertz CT molecular complexity index is 527. The van der Waals surface area contributed by atoms with Crippen LogP contribution in [0.3, 0.4) is 0 Å². The maximum atomic E-state index is 7.60. The van der Waals surface area contributed by atoms with Crippen molar-refractivity contribution in [2.24, 2.45) is 5.73 Å². The van der Waals surface area contributed by atoms with E-state index >= 15 is 0 Å². The number of rotatable bonds is 3. The third-order valence-electron chi connectivity index (χ3n) is 2.17. The van der Waals surface area contributed by atoms with Crippen molar-refractivity contribution in [3.63, 3.8) is 0 Å².